The third kappa shape index (κ3) is 3.96. The lowest BCUT2D eigenvalue weighted by molar-refractivity contribution is 0.0635. The lowest BCUT2D eigenvalue weighted by atomic mass is 10.2. The van der Waals surface area contributed by atoms with Crippen LogP contribution in [0.5, 0.6) is 0 Å². The lowest BCUT2D eigenvalue weighted by Gasteiger charge is -2.19. The number of terminal acetylenes is 1. The fourth-order valence-corrected chi connectivity index (χ4v) is 0.884. The van der Waals surface area contributed by atoms with E-state index in [0.29, 0.717) is 11.5 Å². The molecule has 0 saturated heterocycles. The van der Waals surface area contributed by atoms with Crippen LogP contribution in [0.25, 0.3) is 0 Å². The highest BCUT2D eigenvalue weighted by Crippen LogP contribution is 2.09. The van der Waals surface area contributed by atoms with Crippen molar-refractivity contribution in [3.8, 4) is 12.3 Å². The van der Waals surface area contributed by atoms with Crippen LogP contribution in [-0.4, -0.2) is 21.9 Å². The Morgan fingerprint density at radius 1 is 1.44 bits per heavy atom. The highest BCUT2D eigenvalue weighted by Gasteiger charge is 2.16. The molecular formula is C11H13N3O2. The molecule has 0 unspecified atom stereocenters. The second-order valence-electron chi connectivity index (χ2n) is 4.08. The van der Waals surface area contributed by atoms with Gasteiger partial charge in [0.2, 0.25) is 0 Å². The molecule has 1 rings (SSSR count). The maximum absolute atomic E-state index is 11.3. The van der Waals surface area contributed by atoms with Crippen LogP contribution < -0.4 is 5.32 Å². The number of carbonyl (C=O) groups excluding carboxylic acids is 1. The predicted octanol–water partition coefficient (Wildman–Crippen LogP) is 1.80. The summed E-state index contributed by atoms with van der Waals surface area (Å²) in [6, 6.07) is 3.14. The zero-order chi connectivity index (χ0) is 12.2. The molecule has 0 bridgehead atoms. The van der Waals surface area contributed by atoms with Gasteiger partial charge in [0.25, 0.3) is 0 Å². The minimum Gasteiger partial charge on any atom is -0.444 e. The number of rotatable bonds is 1. The van der Waals surface area contributed by atoms with Crippen LogP contribution in [0, 0.1) is 12.3 Å². The van der Waals surface area contributed by atoms with Crippen LogP contribution in [0.3, 0.4) is 0 Å². The molecule has 0 aromatic carbocycles. The molecule has 5 nitrogen and oxygen atoms in total. The van der Waals surface area contributed by atoms with Crippen molar-refractivity contribution in [3.63, 3.8) is 0 Å². The molecule has 5 heteroatoms. The Balaban J connectivity index is 2.61. The number of anilines is 1. The van der Waals surface area contributed by atoms with Gasteiger partial charge in [-0.15, -0.1) is 16.6 Å². The number of hydrogen-bond donors (Lipinski definition) is 1. The number of amides is 1. The van der Waals surface area contributed by atoms with Gasteiger partial charge in [-0.2, -0.15) is 0 Å². The van der Waals surface area contributed by atoms with Crippen molar-refractivity contribution in [2.45, 2.75) is 26.4 Å². The summed E-state index contributed by atoms with van der Waals surface area (Å²) in [6.07, 6.45) is 4.55. The molecule has 0 fully saturated rings. The van der Waals surface area contributed by atoms with Crippen molar-refractivity contribution in [1.29, 1.82) is 0 Å². The third-order valence-corrected chi connectivity index (χ3v) is 1.44. The van der Waals surface area contributed by atoms with E-state index in [1.165, 1.54) is 0 Å². The van der Waals surface area contributed by atoms with Gasteiger partial charge in [-0.05, 0) is 38.8 Å². The molecule has 1 aromatic heterocycles. The minimum absolute atomic E-state index is 0.299. The second-order valence-corrected chi connectivity index (χ2v) is 4.08. The standard InChI is InChI=1S/C11H13N3O2/c1-5-8-6-7-9(14-13-8)12-10(15)16-11(2,3)4/h1,6-7H,2-4H3,(H,12,14,15). The second kappa shape index (κ2) is 4.62. The largest absolute Gasteiger partial charge is 0.444 e. The number of aromatic nitrogens is 2. The molecule has 0 aliphatic rings. The van der Waals surface area contributed by atoms with Crippen LogP contribution >= 0.6 is 0 Å². The molecule has 0 spiro atoms. The number of carbonyl (C=O) groups is 1. The van der Waals surface area contributed by atoms with Crippen molar-refractivity contribution in [3.05, 3.63) is 17.8 Å². The van der Waals surface area contributed by atoms with E-state index < -0.39 is 11.7 Å². The quantitative estimate of drug-likeness (QED) is 0.731. The molecule has 1 heterocycles. The molecule has 16 heavy (non-hydrogen) atoms. The average Bonchev–Trinajstić information content (AvgIpc) is 2.16. The normalized spacial score (nSPS) is 10.4. The Morgan fingerprint density at radius 2 is 2.12 bits per heavy atom. The first-order chi connectivity index (χ1) is 7.40. The minimum atomic E-state index is -0.574. The zero-order valence-electron chi connectivity index (χ0n) is 9.44. The van der Waals surface area contributed by atoms with Crippen molar-refractivity contribution >= 4 is 11.9 Å². The van der Waals surface area contributed by atoms with Gasteiger partial charge >= 0.3 is 6.09 Å². The van der Waals surface area contributed by atoms with E-state index in [9.17, 15) is 4.79 Å². The number of hydrogen-bond acceptors (Lipinski definition) is 4. The van der Waals surface area contributed by atoms with E-state index in [1.54, 1.807) is 32.9 Å². The van der Waals surface area contributed by atoms with Crippen LogP contribution in [-0.2, 0) is 4.74 Å². The van der Waals surface area contributed by atoms with Crippen molar-refractivity contribution in [1.82, 2.24) is 10.2 Å². The summed E-state index contributed by atoms with van der Waals surface area (Å²) in [5.74, 6) is 2.63. The van der Waals surface area contributed by atoms with Crippen LogP contribution in [0.1, 0.15) is 26.5 Å². The summed E-state index contributed by atoms with van der Waals surface area (Å²) in [4.78, 5) is 11.3. The summed E-state index contributed by atoms with van der Waals surface area (Å²) >= 11 is 0. The van der Waals surface area contributed by atoms with E-state index in [0.717, 1.165) is 0 Å². The highest BCUT2D eigenvalue weighted by molar-refractivity contribution is 5.83. The fraction of sp³-hybridized carbons (Fsp3) is 0.364. The Hall–Kier alpha value is -2.09. The van der Waals surface area contributed by atoms with Gasteiger partial charge in [0.1, 0.15) is 11.3 Å². The molecule has 1 aromatic rings. The van der Waals surface area contributed by atoms with Gasteiger partial charge in [0.15, 0.2) is 5.82 Å². The van der Waals surface area contributed by atoms with Gasteiger partial charge in [0, 0.05) is 0 Å². The molecule has 0 atom stereocenters. The maximum Gasteiger partial charge on any atom is 0.413 e. The monoisotopic (exact) mass is 219 g/mol. The molecule has 84 valence electrons. The third-order valence-electron chi connectivity index (χ3n) is 1.44. The molecule has 0 radical (unpaired) electrons. The van der Waals surface area contributed by atoms with Crippen molar-refractivity contribution < 1.29 is 9.53 Å². The molecular weight excluding hydrogens is 206 g/mol. The van der Waals surface area contributed by atoms with E-state index in [4.69, 9.17) is 11.2 Å². The van der Waals surface area contributed by atoms with Gasteiger partial charge < -0.3 is 4.74 Å². The first kappa shape index (κ1) is 12.0. The van der Waals surface area contributed by atoms with Crippen LogP contribution in [0.4, 0.5) is 10.6 Å². The summed E-state index contributed by atoms with van der Waals surface area (Å²) < 4.78 is 5.04. The Morgan fingerprint density at radius 3 is 2.56 bits per heavy atom. The van der Waals surface area contributed by atoms with Crippen molar-refractivity contribution in [2.24, 2.45) is 0 Å². The predicted molar refractivity (Wildman–Crippen MR) is 59.8 cm³/mol. The van der Waals surface area contributed by atoms with E-state index >= 15 is 0 Å². The highest BCUT2D eigenvalue weighted by atomic mass is 16.6. The Kier molecular flexibility index (Phi) is 3.46. The molecule has 1 amide bonds. The van der Waals surface area contributed by atoms with Gasteiger partial charge in [-0.25, -0.2) is 4.79 Å². The topological polar surface area (TPSA) is 64.1 Å². The summed E-state index contributed by atoms with van der Waals surface area (Å²) in [5, 5.41) is 9.85. The van der Waals surface area contributed by atoms with Crippen LogP contribution in [0.15, 0.2) is 12.1 Å². The Bertz CT molecular complexity index is 412. The van der Waals surface area contributed by atoms with E-state index in [1.807, 2.05) is 0 Å². The van der Waals surface area contributed by atoms with E-state index in [-0.39, 0.29) is 0 Å². The van der Waals surface area contributed by atoms with Gasteiger partial charge in [-0.1, -0.05) is 0 Å². The number of nitrogens with zero attached hydrogens (tertiary/aromatic N) is 2. The average molecular weight is 219 g/mol. The summed E-state index contributed by atoms with van der Waals surface area (Å²) in [6.45, 7) is 5.33. The summed E-state index contributed by atoms with van der Waals surface area (Å²) in [5.41, 5.74) is -0.134. The Labute approximate surface area is 94.2 Å². The van der Waals surface area contributed by atoms with Gasteiger partial charge in [-0.3, -0.25) is 5.32 Å². The van der Waals surface area contributed by atoms with E-state index in [2.05, 4.69) is 21.4 Å². The maximum atomic E-state index is 11.3. The van der Waals surface area contributed by atoms with Crippen molar-refractivity contribution in [2.75, 3.05) is 5.32 Å². The first-order valence-electron chi connectivity index (χ1n) is 4.71. The lowest BCUT2D eigenvalue weighted by Crippen LogP contribution is -2.27. The molecule has 0 aliphatic heterocycles. The van der Waals surface area contributed by atoms with Gasteiger partial charge in [0.05, 0.1) is 0 Å². The molecule has 0 aliphatic carbocycles. The summed E-state index contributed by atoms with van der Waals surface area (Å²) in [7, 11) is 0. The first-order valence-corrected chi connectivity index (χ1v) is 4.71. The number of nitrogens with one attached hydrogen (secondary N) is 1. The molecule has 1 N–H and O–H groups in total. The SMILES string of the molecule is C#Cc1ccc(NC(=O)OC(C)(C)C)nn1. The fourth-order valence-electron chi connectivity index (χ4n) is 0.884. The van der Waals surface area contributed by atoms with Crippen LogP contribution in [0.2, 0.25) is 0 Å². The zero-order valence-corrected chi connectivity index (χ0v) is 9.44. The molecule has 0 saturated carbocycles. The smallest absolute Gasteiger partial charge is 0.413 e. The number of ether oxygens (including phenoxy) is 1.